The van der Waals surface area contributed by atoms with Gasteiger partial charge in [0.1, 0.15) is 5.75 Å². The lowest BCUT2D eigenvalue weighted by Crippen LogP contribution is -2.30. The van der Waals surface area contributed by atoms with Crippen LogP contribution >= 0.6 is 23.2 Å². The quantitative estimate of drug-likeness (QED) is 0.534. The van der Waals surface area contributed by atoms with Crippen LogP contribution in [-0.2, 0) is 4.79 Å². The van der Waals surface area contributed by atoms with Gasteiger partial charge in [0.2, 0.25) is 0 Å². The highest BCUT2D eigenvalue weighted by Gasteiger charge is 2.17. The van der Waals surface area contributed by atoms with Crippen LogP contribution in [0.5, 0.6) is 5.75 Å². The van der Waals surface area contributed by atoms with Gasteiger partial charge in [0.15, 0.2) is 11.9 Å². The first-order valence-electron chi connectivity index (χ1n) is 8.71. The number of hydrogen-bond acceptors (Lipinski definition) is 4. The molecular weight excluding hydrogens is 415 g/mol. The van der Waals surface area contributed by atoms with Crippen LogP contribution in [0.25, 0.3) is 0 Å². The molecule has 0 saturated carbocycles. The van der Waals surface area contributed by atoms with E-state index in [1.807, 2.05) is 6.92 Å². The Balaban J connectivity index is 1.62. The molecule has 0 spiro atoms. The molecule has 1 unspecified atom stereocenters. The highest BCUT2D eigenvalue weighted by molar-refractivity contribution is 6.35. The first-order valence-corrected chi connectivity index (χ1v) is 9.47. The van der Waals surface area contributed by atoms with Crippen molar-refractivity contribution in [3.8, 4) is 5.75 Å². The van der Waals surface area contributed by atoms with E-state index in [-0.39, 0.29) is 17.6 Å². The van der Waals surface area contributed by atoms with E-state index < -0.39 is 6.10 Å². The molecule has 2 aromatic carbocycles. The fourth-order valence-corrected chi connectivity index (χ4v) is 2.99. The molecule has 0 saturated heterocycles. The molecule has 1 atom stereocenters. The molecule has 0 radical (unpaired) electrons. The van der Waals surface area contributed by atoms with Gasteiger partial charge in [0.05, 0.1) is 11.3 Å². The molecule has 2 amide bonds. The maximum Gasteiger partial charge on any atom is 0.291 e. The molecule has 8 heteroatoms. The maximum atomic E-state index is 12.4. The molecule has 6 nitrogen and oxygen atoms in total. The number of hydrogen-bond donors (Lipinski definition) is 2. The summed E-state index contributed by atoms with van der Waals surface area (Å²) in [6.45, 7) is 3.44. The Morgan fingerprint density at radius 2 is 1.86 bits per heavy atom. The zero-order chi connectivity index (χ0) is 21.0. The molecular formula is C21H18Cl2N2O4. The topological polar surface area (TPSA) is 80.6 Å². The van der Waals surface area contributed by atoms with Gasteiger partial charge in [-0.1, -0.05) is 23.2 Å². The third-order valence-electron chi connectivity index (χ3n) is 4.05. The summed E-state index contributed by atoms with van der Waals surface area (Å²) in [7, 11) is 0. The number of rotatable bonds is 6. The Hall–Kier alpha value is -2.96. The van der Waals surface area contributed by atoms with Crippen molar-refractivity contribution in [1.82, 2.24) is 0 Å². The van der Waals surface area contributed by atoms with Gasteiger partial charge in [0.25, 0.3) is 11.8 Å². The minimum Gasteiger partial charge on any atom is -0.479 e. The third kappa shape index (κ3) is 5.31. The van der Waals surface area contributed by atoms with Crippen LogP contribution < -0.4 is 15.4 Å². The molecule has 0 aliphatic rings. The molecule has 150 valence electrons. The minimum absolute atomic E-state index is 0.216. The Labute approximate surface area is 177 Å². The Morgan fingerprint density at radius 3 is 2.52 bits per heavy atom. The minimum atomic E-state index is -0.785. The van der Waals surface area contributed by atoms with E-state index in [9.17, 15) is 9.59 Å². The average Bonchev–Trinajstić information content (AvgIpc) is 3.21. The van der Waals surface area contributed by atoms with Crippen LogP contribution in [0.3, 0.4) is 0 Å². The molecule has 0 aliphatic heterocycles. The summed E-state index contributed by atoms with van der Waals surface area (Å²) < 4.78 is 10.7. The van der Waals surface area contributed by atoms with Crippen molar-refractivity contribution in [1.29, 1.82) is 0 Å². The van der Waals surface area contributed by atoms with Gasteiger partial charge < -0.3 is 19.8 Å². The lowest BCUT2D eigenvalue weighted by molar-refractivity contribution is -0.122. The molecule has 3 rings (SSSR count). The van der Waals surface area contributed by atoms with Crippen molar-refractivity contribution >= 4 is 46.4 Å². The standard InChI is InChI=1S/C21H18Cl2N2O4/c1-12-10-15(6-7-17(12)25-21(27)19-4-3-9-28-19)24-20(26)13(2)29-18-8-5-14(22)11-16(18)23/h3-11,13H,1-2H3,(H,24,26)(H,25,27). The van der Waals surface area contributed by atoms with Crippen molar-refractivity contribution in [2.24, 2.45) is 0 Å². The van der Waals surface area contributed by atoms with E-state index in [1.165, 1.54) is 6.26 Å². The van der Waals surface area contributed by atoms with Crippen LogP contribution in [0.2, 0.25) is 10.0 Å². The maximum absolute atomic E-state index is 12.4. The van der Waals surface area contributed by atoms with Crippen LogP contribution in [-0.4, -0.2) is 17.9 Å². The van der Waals surface area contributed by atoms with Gasteiger partial charge in [0, 0.05) is 16.4 Å². The molecule has 0 fully saturated rings. The number of nitrogens with one attached hydrogen (secondary N) is 2. The van der Waals surface area contributed by atoms with E-state index in [0.717, 1.165) is 5.56 Å². The summed E-state index contributed by atoms with van der Waals surface area (Å²) in [4.78, 5) is 24.5. The molecule has 3 aromatic rings. The van der Waals surface area contributed by atoms with Gasteiger partial charge in [-0.3, -0.25) is 9.59 Å². The number of aryl methyl sites for hydroxylation is 1. The lowest BCUT2D eigenvalue weighted by atomic mass is 10.1. The second-order valence-corrected chi connectivity index (χ2v) is 7.13. The number of carbonyl (C=O) groups excluding carboxylic acids is 2. The number of ether oxygens (including phenoxy) is 1. The zero-order valence-corrected chi connectivity index (χ0v) is 17.2. The molecule has 0 bridgehead atoms. The number of furan rings is 1. The monoisotopic (exact) mass is 432 g/mol. The van der Waals surface area contributed by atoms with Crippen molar-refractivity contribution < 1.29 is 18.7 Å². The van der Waals surface area contributed by atoms with E-state index in [4.69, 9.17) is 32.4 Å². The number of anilines is 2. The van der Waals surface area contributed by atoms with Crippen LogP contribution in [0.1, 0.15) is 23.0 Å². The summed E-state index contributed by atoms with van der Waals surface area (Å²) in [5.74, 6) is -0.112. The molecule has 29 heavy (non-hydrogen) atoms. The van der Waals surface area contributed by atoms with Crippen LogP contribution in [0.15, 0.2) is 59.2 Å². The zero-order valence-electron chi connectivity index (χ0n) is 15.7. The van der Waals surface area contributed by atoms with Crippen molar-refractivity contribution in [3.05, 3.63) is 76.2 Å². The number of benzene rings is 2. The predicted molar refractivity (Wildman–Crippen MR) is 113 cm³/mol. The summed E-state index contributed by atoms with van der Waals surface area (Å²) in [6.07, 6.45) is 0.647. The Morgan fingerprint density at radius 1 is 1.07 bits per heavy atom. The number of amides is 2. The van der Waals surface area contributed by atoms with Crippen molar-refractivity contribution in [3.63, 3.8) is 0 Å². The van der Waals surface area contributed by atoms with Gasteiger partial charge in [-0.25, -0.2) is 0 Å². The molecule has 0 aliphatic carbocycles. The largest absolute Gasteiger partial charge is 0.479 e. The normalized spacial score (nSPS) is 11.6. The van der Waals surface area contributed by atoms with E-state index >= 15 is 0 Å². The summed E-state index contributed by atoms with van der Waals surface area (Å²) in [6, 6.07) is 13.1. The van der Waals surface area contributed by atoms with Gasteiger partial charge in [-0.2, -0.15) is 0 Å². The van der Waals surface area contributed by atoms with Gasteiger partial charge >= 0.3 is 0 Å². The molecule has 1 aromatic heterocycles. The van der Waals surface area contributed by atoms with E-state index in [0.29, 0.717) is 27.2 Å². The Bertz CT molecular complexity index is 1040. The second kappa shape index (κ2) is 9.03. The smallest absolute Gasteiger partial charge is 0.291 e. The molecule has 1 heterocycles. The van der Waals surface area contributed by atoms with Crippen molar-refractivity contribution in [2.45, 2.75) is 20.0 Å². The van der Waals surface area contributed by atoms with Crippen molar-refractivity contribution in [2.75, 3.05) is 10.6 Å². The summed E-state index contributed by atoms with van der Waals surface area (Å²) in [5.41, 5.74) is 1.96. The third-order valence-corrected chi connectivity index (χ3v) is 4.58. The SMILES string of the molecule is Cc1cc(NC(=O)C(C)Oc2ccc(Cl)cc2Cl)ccc1NC(=O)c1ccco1. The summed E-state index contributed by atoms with van der Waals surface area (Å²) in [5, 5.41) is 6.35. The number of carbonyl (C=O) groups is 2. The lowest BCUT2D eigenvalue weighted by Gasteiger charge is -2.16. The van der Waals surface area contributed by atoms with Gasteiger partial charge in [-0.15, -0.1) is 0 Å². The van der Waals surface area contributed by atoms with E-state index in [2.05, 4.69) is 10.6 Å². The Kier molecular flexibility index (Phi) is 6.46. The van der Waals surface area contributed by atoms with Crippen LogP contribution in [0.4, 0.5) is 11.4 Å². The molecule has 2 N–H and O–H groups in total. The predicted octanol–water partition coefficient (Wildman–Crippen LogP) is 5.55. The average molecular weight is 433 g/mol. The van der Waals surface area contributed by atoms with Gasteiger partial charge in [-0.05, 0) is 67.9 Å². The van der Waals surface area contributed by atoms with E-state index in [1.54, 1.807) is 55.5 Å². The summed E-state index contributed by atoms with van der Waals surface area (Å²) >= 11 is 11.9. The number of halogens is 2. The van der Waals surface area contributed by atoms with Crippen LogP contribution in [0, 0.1) is 6.92 Å². The fraction of sp³-hybridized carbons (Fsp3) is 0.143. The highest BCUT2D eigenvalue weighted by Crippen LogP contribution is 2.28. The highest BCUT2D eigenvalue weighted by atomic mass is 35.5. The second-order valence-electron chi connectivity index (χ2n) is 6.29. The first-order chi connectivity index (χ1) is 13.8. The fourth-order valence-electron chi connectivity index (χ4n) is 2.53. The first kappa shape index (κ1) is 20.8.